The summed E-state index contributed by atoms with van der Waals surface area (Å²) >= 11 is 0. The fourth-order valence-electron chi connectivity index (χ4n) is 4.84. The fraction of sp³-hybridized carbons (Fsp3) is 0.517. The van der Waals surface area contributed by atoms with E-state index in [1.165, 1.54) is 15.6 Å². The number of aryl methyl sites for hydroxylation is 1. The van der Waals surface area contributed by atoms with Crippen LogP contribution in [0.3, 0.4) is 0 Å². The van der Waals surface area contributed by atoms with Crippen molar-refractivity contribution in [3.05, 3.63) is 65.2 Å². The van der Waals surface area contributed by atoms with E-state index in [0.717, 1.165) is 48.6 Å². The van der Waals surface area contributed by atoms with Crippen LogP contribution in [0, 0.1) is 6.92 Å². The molecular weight excluding hydrogens is 486 g/mol. The first kappa shape index (κ1) is 28.7. The molecule has 0 aromatic heterocycles. The first-order valence-corrected chi connectivity index (χ1v) is 15.0. The lowest BCUT2D eigenvalue weighted by atomic mass is 9.95. The molecular formula is C29H41N3O4S. The first-order chi connectivity index (χ1) is 17.5. The quantitative estimate of drug-likeness (QED) is 0.483. The number of benzene rings is 2. The minimum Gasteiger partial charge on any atom is -0.352 e. The van der Waals surface area contributed by atoms with Crippen molar-refractivity contribution >= 4 is 27.5 Å². The van der Waals surface area contributed by atoms with Gasteiger partial charge in [0.2, 0.25) is 21.8 Å². The zero-order valence-electron chi connectivity index (χ0n) is 22.7. The molecule has 0 bridgehead atoms. The number of sulfonamides is 1. The van der Waals surface area contributed by atoms with Gasteiger partial charge in [-0.25, -0.2) is 8.42 Å². The normalized spacial score (nSPS) is 15.3. The molecule has 0 heterocycles. The predicted octanol–water partition coefficient (Wildman–Crippen LogP) is 4.75. The van der Waals surface area contributed by atoms with Crippen molar-refractivity contribution in [3.8, 4) is 0 Å². The Bertz CT molecular complexity index is 1170. The average molecular weight is 528 g/mol. The van der Waals surface area contributed by atoms with Crippen LogP contribution < -0.4 is 9.62 Å². The zero-order valence-corrected chi connectivity index (χ0v) is 23.6. The molecule has 1 fully saturated rings. The van der Waals surface area contributed by atoms with E-state index in [-0.39, 0.29) is 31.0 Å². The molecule has 0 unspecified atom stereocenters. The van der Waals surface area contributed by atoms with E-state index >= 15 is 0 Å². The summed E-state index contributed by atoms with van der Waals surface area (Å²) in [6.45, 7) is 7.52. The molecule has 2 aromatic carbocycles. The number of carbonyl (C=O) groups excluding carboxylic acids is 2. The summed E-state index contributed by atoms with van der Waals surface area (Å²) in [5, 5.41) is 3.12. The van der Waals surface area contributed by atoms with Crippen LogP contribution in [0.2, 0.25) is 0 Å². The molecule has 202 valence electrons. The molecule has 3 rings (SSSR count). The molecule has 8 heteroatoms. The number of nitrogens with zero attached hydrogens (tertiary/aromatic N) is 2. The van der Waals surface area contributed by atoms with E-state index in [2.05, 4.69) is 5.32 Å². The highest BCUT2D eigenvalue weighted by Gasteiger charge is 2.32. The molecule has 7 nitrogen and oxygen atoms in total. The number of anilines is 1. The second-order valence-corrected chi connectivity index (χ2v) is 12.4. The number of amides is 2. The van der Waals surface area contributed by atoms with Gasteiger partial charge in [0.1, 0.15) is 12.6 Å². The van der Waals surface area contributed by atoms with Crippen molar-refractivity contribution < 1.29 is 18.0 Å². The molecule has 0 radical (unpaired) electrons. The van der Waals surface area contributed by atoms with Gasteiger partial charge in [0.25, 0.3) is 0 Å². The SMILES string of the molecule is Cc1ccc(CN(C(=O)CN(c2ccccc2C(C)C)S(C)(=O)=O)[C@H](C)C(=O)NC2CCCCC2)cc1. The molecule has 1 N–H and O–H groups in total. The standard InChI is InChI=1S/C29H41N3O4S/c1-21(2)26-13-9-10-14-27(26)32(37(5,35)36)20-28(33)31(19-24-17-15-22(3)16-18-24)23(4)29(34)30-25-11-7-6-8-12-25/h9-10,13-18,21,23,25H,6-8,11-12,19-20H2,1-5H3,(H,30,34)/t23-/m1/s1. The van der Waals surface area contributed by atoms with E-state index in [1.807, 2.05) is 57.2 Å². The Hall–Kier alpha value is -2.87. The Morgan fingerprint density at radius 3 is 2.19 bits per heavy atom. The molecule has 2 aromatic rings. The van der Waals surface area contributed by atoms with Gasteiger partial charge < -0.3 is 10.2 Å². The molecule has 1 aliphatic carbocycles. The molecule has 2 amide bonds. The summed E-state index contributed by atoms with van der Waals surface area (Å²) in [6.07, 6.45) is 6.35. The van der Waals surface area contributed by atoms with E-state index in [4.69, 9.17) is 0 Å². The lowest BCUT2D eigenvalue weighted by molar-refractivity contribution is -0.139. The van der Waals surface area contributed by atoms with E-state index < -0.39 is 22.0 Å². The maximum Gasteiger partial charge on any atom is 0.244 e. The smallest absolute Gasteiger partial charge is 0.244 e. The Kier molecular flexibility index (Phi) is 9.76. The third-order valence-electron chi connectivity index (χ3n) is 7.10. The van der Waals surface area contributed by atoms with Gasteiger partial charge in [-0.1, -0.05) is 81.1 Å². The number of hydrogen-bond donors (Lipinski definition) is 1. The van der Waals surface area contributed by atoms with Crippen LogP contribution in [0.15, 0.2) is 48.5 Å². The summed E-state index contributed by atoms with van der Waals surface area (Å²) in [5.74, 6) is -0.559. The number of carbonyl (C=O) groups is 2. The topological polar surface area (TPSA) is 86.8 Å². The number of rotatable bonds is 10. The molecule has 0 spiro atoms. The van der Waals surface area contributed by atoms with Crippen LogP contribution in [0.4, 0.5) is 5.69 Å². The van der Waals surface area contributed by atoms with Gasteiger partial charge in [-0.15, -0.1) is 0 Å². The second kappa shape index (κ2) is 12.6. The van der Waals surface area contributed by atoms with E-state index in [1.54, 1.807) is 19.1 Å². The zero-order chi connectivity index (χ0) is 27.2. The maximum absolute atomic E-state index is 13.8. The Morgan fingerprint density at radius 2 is 1.59 bits per heavy atom. The number of hydrogen-bond acceptors (Lipinski definition) is 4. The predicted molar refractivity (Wildman–Crippen MR) is 149 cm³/mol. The van der Waals surface area contributed by atoms with Crippen molar-refractivity contribution in [3.63, 3.8) is 0 Å². The van der Waals surface area contributed by atoms with Crippen molar-refractivity contribution in [1.82, 2.24) is 10.2 Å². The lowest BCUT2D eigenvalue weighted by Crippen LogP contribution is -2.53. The number of para-hydroxylation sites is 1. The van der Waals surface area contributed by atoms with Crippen LogP contribution in [0.1, 0.15) is 75.5 Å². The minimum absolute atomic E-state index is 0.0689. The van der Waals surface area contributed by atoms with Gasteiger partial charge in [0.15, 0.2) is 0 Å². The van der Waals surface area contributed by atoms with Crippen molar-refractivity contribution in [2.24, 2.45) is 0 Å². The highest BCUT2D eigenvalue weighted by atomic mass is 32.2. The van der Waals surface area contributed by atoms with Gasteiger partial charge in [-0.2, -0.15) is 0 Å². The molecule has 1 aliphatic rings. The van der Waals surface area contributed by atoms with E-state index in [0.29, 0.717) is 5.69 Å². The summed E-state index contributed by atoms with van der Waals surface area (Å²) in [5.41, 5.74) is 3.31. The molecule has 37 heavy (non-hydrogen) atoms. The summed E-state index contributed by atoms with van der Waals surface area (Å²) in [4.78, 5) is 28.6. The van der Waals surface area contributed by atoms with Crippen LogP contribution in [-0.4, -0.2) is 50.0 Å². The third-order valence-corrected chi connectivity index (χ3v) is 8.23. The molecule has 0 saturated heterocycles. The second-order valence-electron chi connectivity index (χ2n) is 10.5. The van der Waals surface area contributed by atoms with Crippen LogP contribution in [0.5, 0.6) is 0 Å². The van der Waals surface area contributed by atoms with Crippen molar-refractivity contribution in [2.75, 3.05) is 17.1 Å². The van der Waals surface area contributed by atoms with Gasteiger partial charge in [-0.05, 0) is 49.8 Å². The Balaban J connectivity index is 1.91. The summed E-state index contributed by atoms with van der Waals surface area (Å²) in [7, 11) is -3.76. The number of nitrogens with one attached hydrogen (secondary N) is 1. The van der Waals surface area contributed by atoms with Crippen molar-refractivity contribution in [2.45, 2.75) is 84.3 Å². The van der Waals surface area contributed by atoms with Gasteiger partial charge >= 0.3 is 0 Å². The highest BCUT2D eigenvalue weighted by molar-refractivity contribution is 7.92. The van der Waals surface area contributed by atoms with Crippen LogP contribution >= 0.6 is 0 Å². The monoisotopic (exact) mass is 527 g/mol. The molecule has 1 atom stereocenters. The molecule has 1 saturated carbocycles. The average Bonchev–Trinajstić information content (AvgIpc) is 2.86. The largest absolute Gasteiger partial charge is 0.352 e. The van der Waals surface area contributed by atoms with Gasteiger partial charge in [0, 0.05) is 12.6 Å². The highest BCUT2D eigenvalue weighted by Crippen LogP contribution is 2.29. The van der Waals surface area contributed by atoms with Gasteiger partial charge in [0.05, 0.1) is 11.9 Å². The van der Waals surface area contributed by atoms with Crippen LogP contribution in [0.25, 0.3) is 0 Å². The van der Waals surface area contributed by atoms with Gasteiger partial charge in [-0.3, -0.25) is 13.9 Å². The van der Waals surface area contributed by atoms with Crippen molar-refractivity contribution in [1.29, 1.82) is 0 Å². The Labute approximate surface area is 222 Å². The summed E-state index contributed by atoms with van der Waals surface area (Å²) in [6, 6.07) is 14.4. The first-order valence-electron chi connectivity index (χ1n) is 13.2. The van der Waals surface area contributed by atoms with Crippen LogP contribution in [-0.2, 0) is 26.2 Å². The van der Waals surface area contributed by atoms with E-state index in [9.17, 15) is 18.0 Å². The third kappa shape index (κ3) is 7.81. The minimum atomic E-state index is -3.76. The summed E-state index contributed by atoms with van der Waals surface area (Å²) < 4.78 is 27.0. The fourth-order valence-corrected chi connectivity index (χ4v) is 5.71. The Morgan fingerprint density at radius 1 is 0.973 bits per heavy atom. The maximum atomic E-state index is 13.8. The lowest BCUT2D eigenvalue weighted by Gasteiger charge is -2.33. The molecule has 0 aliphatic heterocycles.